The molecule has 1 aromatic carbocycles. The second-order valence-corrected chi connectivity index (χ2v) is 7.14. The van der Waals surface area contributed by atoms with Crippen LogP contribution in [0.2, 0.25) is 0 Å². The molecule has 2 N–H and O–H groups in total. The van der Waals surface area contributed by atoms with Gasteiger partial charge in [0.15, 0.2) is 0 Å². The van der Waals surface area contributed by atoms with Crippen molar-refractivity contribution in [3.05, 3.63) is 29.8 Å². The normalized spacial score (nSPS) is 15.7. The lowest BCUT2D eigenvalue weighted by Crippen LogP contribution is -2.49. The van der Waals surface area contributed by atoms with Gasteiger partial charge in [0.2, 0.25) is 11.8 Å². The van der Waals surface area contributed by atoms with E-state index in [1.807, 2.05) is 45.0 Å². The van der Waals surface area contributed by atoms with E-state index in [4.69, 9.17) is 4.74 Å². The number of carbonyl (C=O) groups excluding carboxylic acids is 2. The minimum Gasteiger partial charge on any atom is -0.497 e. The maximum atomic E-state index is 12.4. The third-order valence-electron chi connectivity index (χ3n) is 3.94. The van der Waals surface area contributed by atoms with Crippen LogP contribution < -0.4 is 15.4 Å². The first-order valence-electron chi connectivity index (χ1n) is 8.01. The molecule has 2 rings (SSSR count). The molecule has 2 amide bonds. The topological polar surface area (TPSA) is 67.4 Å². The van der Waals surface area contributed by atoms with Crippen LogP contribution in [0.5, 0.6) is 5.75 Å². The summed E-state index contributed by atoms with van der Waals surface area (Å²) in [7, 11) is 1.63. The van der Waals surface area contributed by atoms with Crippen molar-refractivity contribution in [2.24, 2.45) is 5.41 Å². The second kappa shape index (κ2) is 6.60. The molecule has 0 bridgehead atoms. The Hall–Kier alpha value is -2.04. The van der Waals surface area contributed by atoms with Gasteiger partial charge in [-0.05, 0) is 57.7 Å². The molecule has 0 spiro atoms. The predicted molar refractivity (Wildman–Crippen MR) is 89.3 cm³/mol. The fourth-order valence-electron chi connectivity index (χ4n) is 2.46. The van der Waals surface area contributed by atoms with Gasteiger partial charge in [-0.15, -0.1) is 0 Å². The molecule has 5 heteroatoms. The highest BCUT2D eigenvalue weighted by Gasteiger charge is 2.56. The van der Waals surface area contributed by atoms with Crippen LogP contribution >= 0.6 is 0 Å². The van der Waals surface area contributed by atoms with Crippen LogP contribution in [0, 0.1) is 5.41 Å². The van der Waals surface area contributed by atoms with E-state index < -0.39 is 5.41 Å². The molecular weight excluding hydrogens is 292 g/mol. The summed E-state index contributed by atoms with van der Waals surface area (Å²) in [6.07, 6.45) is 1.96. The van der Waals surface area contributed by atoms with Gasteiger partial charge in [0.05, 0.1) is 7.11 Å². The molecule has 1 aliphatic rings. The van der Waals surface area contributed by atoms with Gasteiger partial charge in [-0.3, -0.25) is 9.59 Å². The summed E-state index contributed by atoms with van der Waals surface area (Å²) in [4.78, 5) is 24.7. The third-order valence-corrected chi connectivity index (χ3v) is 3.94. The van der Waals surface area contributed by atoms with E-state index in [0.29, 0.717) is 25.8 Å². The van der Waals surface area contributed by atoms with Crippen molar-refractivity contribution in [3.8, 4) is 5.75 Å². The number of benzene rings is 1. The zero-order valence-electron chi connectivity index (χ0n) is 14.4. The lowest BCUT2D eigenvalue weighted by atomic mass is 10.0. The number of carbonyl (C=O) groups is 2. The average Bonchev–Trinajstić information content (AvgIpc) is 3.27. The first-order chi connectivity index (χ1) is 10.8. The maximum absolute atomic E-state index is 12.4. The molecule has 1 fully saturated rings. The summed E-state index contributed by atoms with van der Waals surface area (Å²) < 4.78 is 5.18. The third kappa shape index (κ3) is 4.47. The summed E-state index contributed by atoms with van der Waals surface area (Å²) >= 11 is 0. The maximum Gasteiger partial charge on any atom is 0.236 e. The van der Waals surface area contributed by atoms with Crippen molar-refractivity contribution in [2.75, 3.05) is 13.7 Å². The van der Waals surface area contributed by atoms with Gasteiger partial charge in [-0.1, -0.05) is 12.1 Å². The molecule has 1 aliphatic carbocycles. The largest absolute Gasteiger partial charge is 0.497 e. The van der Waals surface area contributed by atoms with Gasteiger partial charge < -0.3 is 15.4 Å². The number of nitrogens with one attached hydrogen (secondary N) is 2. The van der Waals surface area contributed by atoms with Crippen molar-refractivity contribution < 1.29 is 14.3 Å². The molecule has 23 heavy (non-hydrogen) atoms. The summed E-state index contributed by atoms with van der Waals surface area (Å²) in [5.74, 6) is 0.475. The summed E-state index contributed by atoms with van der Waals surface area (Å²) in [5.41, 5.74) is -0.0940. The standard InChI is InChI=1S/C18H26N2O3/c1-17(2,3)20-16(22)18(9-10-18)15(21)19-11-8-13-6-5-7-14(12-13)23-4/h5-7,12H,8-11H2,1-4H3,(H,19,21)(H,20,22). The molecular formula is C18H26N2O3. The monoisotopic (exact) mass is 318 g/mol. The van der Waals surface area contributed by atoms with Crippen molar-refractivity contribution in [1.29, 1.82) is 0 Å². The lowest BCUT2D eigenvalue weighted by Gasteiger charge is -2.24. The average molecular weight is 318 g/mol. The van der Waals surface area contributed by atoms with Crippen molar-refractivity contribution in [1.82, 2.24) is 10.6 Å². The highest BCUT2D eigenvalue weighted by molar-refractivity contribution is 6.08. The van der Waals surface area contributed by atoms with E-state index in [2.05, 4.69) is 10.6 Å². The summed E-state index contributed by atoms with van der Waals surface area (Å²) in [6, 6.07) is 7.76. The van der Waals surface area contributed by atoms with Crippen molar-refractivity contribution >= 4 is 11.8 Å². The van der Waals surface area contributed by atoms with Gasteiger partial charge in [-0.2, -0.15) is 0 Å². The Morgan fingerprint density at radius 3 is 2.48 bits per heavy atom. The Morgan fingerprint density at radius 1 is 1.22 bits per heavy atom. The quantitative estimate of drug-likeness (QED) is 0.789. The highest BCUT2D eigenvalue weighted by atomic mass is 16.5. The van der Waals surface area contributed by atoms with E-state index >= 15 is 0 Å². The first kappa shape index (κ1) is 17.3. The molecule has 1 aromatic rings. The number of ether oxygens (including phenoxy) is 1. The Labute approximate surface area is 137 Å². The number of methoxy groups -OCH3 is 1. The number of amides is 2. The second-order valence-electron chi connectivity index (χ2n) is 7.14. The zero-order chi connectivity index (χ0) is 17.1. The summed E-state index contributed by atoms with van der Waals surface area (Å²) in [6.45, 7) is 6.27. The van der Waals surface area contributed by atoms with Gasteiger partial charge in [0, 0.05) is 12.1 Å². The van der Waals surface area contributed by atoms with E-state index in [-0.39, 0.29) is 17.4 Å². The Bertz CT molecular complexity index is 586. The minimum absolute atomic E-state index is 0.163. The molecule has 0 aromatic heterocycles. The molecule has 0 unspecified atom stereocenters. The molecule has 0 radical (unpaired) electrons. The lowest BCUT2D eigenvalue weighted by molar-refractivity contribution is -0.138. The van der Waals surface area contributed by atoms with Crippen LogP contribution in [0.1, 0.15) is 39.2 Å². The van der Waals surface area contributed by atoms with Crippen LogP contribution in [0.4, 0.5) is 0 Å². The molecule has 0 heterocycles. The molecule has 5 nitrogen and oxygen atoms in total. The Morgan fingerprint density at radius 2 is 1.91 bits per heavy atom. The van der Waals surface area contributed by atoms with E-state index in [0.717, 1.165) is 11.3 Å². The molecule has 1 saturated carbocycles. The molecule has 0 saturated heterocycles. The minimum atomic E-state index is -0.859. The number of hydrogen-bond acceptors (Lipinski definition) is 3. The van der Waals surface area contributed by atoms with Gasteiger partial charge in [-0.25, -0.2) is 0 Å². The molecule has 0 atom stereocenters. The molecule has 126 valence electrons. The highest BCUT2D eigenvalue weighted by Crippen LogP contribution is 2.46. The number of hydrogen-bond donors (Lipinski definition) is 2. The molecule has 0 aliphatic heterocycles. The van der Waals surface area contributed by atoms with Crippen molar-refractivity contribution in [2.45, 2.75) is 45.6 Å². The van der Waals surface area contributed by atoms with Crippen LogP contribution in [0.3, 0.4) is 0 Å². The van der Waals surface area contributed by atoms with Crippen LogP contribution in [-0.4, -0.2) is 31.0 Å². The van der Waals surface area contributed by atoms with Gasteiger partial charge in [0.25, 0.3) is 0 Å². The summed E-state index contributed by atoms with van der Waals surface area (Å²) in [5, 5.41) is 5.81. The fraction of sp³-hybridized carbons (Fsp3) is 0.556. The Balaban J connectivity index is 1.86. The van der Waals surface area contributed by atoms with Gasteiger partial charge in [0.1, 0.15) is 11.2 Å². The Kier molecular flexibility index (Phi) is 4.97. The zero-order valence-corrected chi connectivity index (χ0v) is 14.4. The van der Waals surface area contributed by atoms with E-state index in [1.54, 1.807) is 7.11 Å². The van der Waals surface area contributed by atoms with E-state index in [1.165, 1.54) is 0 Å². The van der Waals surface area contributed by atoms with Crippen LogP contribution in [-0.2, 0) is 16.0 Å². The van der Waals surface area contributed by atoms with Crippen molar-refractivity contribution in [3.63, 3.8) is 0 Å². The van der Waals surface area contributed by atoms with Crippen LogP contribution in [0.25, 0.3) is 0 Å². The number of rotatable bonds is 6. The van der Waals surface area contributed by atoms with E-state index in [9.17, 15) is 9.59 Å². The predicted octanol–water partition coefficient (Wildman–Crippen LogP) is 2.05. The van der Waals surface area contributed by atoms with Gasteiger partial charge >= 0.3 is 0 Å². The fourth-order valence-corrected chi connectivity index (χ4v) is 2.46. The SMILES string of the molecule is COc1cccc(CCNC(=O)C2(C(=O)NC(C)(C)C)CC2)c1. The first-order valence-corrected chi connectivity index (χ1v) is 8.01. The van der Waals surface area contributed by atoms with Crippen LogP contribution in [0.15, 0.2) is 24.3 Å². The smallest absolute Gasteiger partial charge is 0.236 e.